The van der Waals surface area contributed by atoms with Crippen LogP contribution in [0.15, 0.2) is 29.2 Å². The number of allylic oxidation sites excluding steroid dienone is 1. The van der Waals surface area contributed by atoms with Gasteiger partial charge < -0.3 is 0 Å². The van der Waals surface area contributed by atoms with E-state index in [9.17, 15) is 4.39 Å². The molecule has 0 radical (unpaired) electrons. The van der Waals surface area contributed by atoms with E-state index < -0.39 is 0 Å². The molecule has 2 heteroatoms. The molecule has 0 nitrogen and oxygen atoms in total. The Kier molecular flexibility index (Phi) is 2.01. The number of rotatable bonds is 2. The highest BCUT2D eigenvalue weighted by Gasteiger charge is 1.93. The topological polar surface area (TPSA) is 0 Å². The van der Waals surface area contributed by atoms with Gasteiger partial charge in [0.1, 0.15) is 0 Å². The van der Waals surface area contributed by atoms with Crippen molar-refractivity contribution in [2.24, 2.45) is 0 Å². The predicted molar refractivity (Wildman–Crippen MR) is 38.3 cm³/mol. The van der Waals surface area contributed by atoms with Crippen LogP contribution >= 0.6 is 11.3 Å². The molecular weight excluding hydrogens is 135 g/mol. The zero-order valence-electron chi connectivity index (χ0n) is 4.93. The SMILES string of the molecule is C=C(F)Cc1ccsc1. The van der Waals surface area contributed by atoms with Crippen molar-refractivity contribution in [2.75, 3.05) is 0 Å². The van der Waals surface area contributed by atoms with E-state index in [2.05, 4.69) is 6.58 Å². The van der Waals surface area contributed by atoms with E-state index in [0.717, 1.165) is 5.56 Å². The summed E-state index contributed by atoms with van der Waals surface area (Å²) >= 11 is 1.57. The number of hydrogen-bond acceptors (Lipinski definition) is 1. The molecule has 48 valence electrons. The molecule has 1 aromatic heterocycles. The molecule has 0 aliphatic carbocycles. The van der Waals surface area contributed by atoms with Crippen LogP contribution in [0, 0.1) is 0 Å². The highest BCUT2D eigenvalue weighted by Crippen LogP contribution is 2.10. The van der Waals surface area contributed by atoms with Gasteiger partial charge in [-0.25, -0.2) is 4.39 Å². The molecule has 0 unspecified atom stereocenters. The first kappa shape index (κ1) is 6.49. The third-order valence-electron chi connectivity index (χ3n) is 0.976. The van der Waals surface area contributed by atoms with Gasteiger partial charge in [0.2, 0.25) is 0 Å². The largest absolute Gasteiger partial charge is 0.212 e. The van der Waals surface area contributed by atoms with Crippen LogP contribution in [0.5, 0.6) is 0 Å². The van der Waals surface area contributed by atoms with Crippen molar-refractivity contribution in [3.63, 3.8) is 0 Å². The van der Waals surface area contributed by atoms with Gasteiger partial charge >= 0.3 is 0 Å². The Balaban J connectivity index is 2.58. The molecule has 0 aliphatic heterocycles. The van der Waals surface area contributed by atoms with E-state index in [-0.39, 0.29) is 5.83 Å². The van der Waals surface area contributed by atoms with Crippen molar-refractivity contribution in [2.45, 2.75) is 6.42 Å². The van der Waals surface area contributed by atoms with Crippen molar-refractivity contribution in [1.82, 2.24) is 0 Å². The second kappa shape index (κ2) is 2.78. The molecule has 0 aromatic carbocycles. The van der Waals surface area contributed by atoms with Gasteiger partial charge in [-0.1, -0.05) is 6.58 Å². The Morgan fingerprint density at radius 1 is 1.78 bits per heavy atom. The molecule has 0 saturated heterocycles. The Hall–Kier alpha value is -0.630. The lowest BCUT2D eigenvalue weighted by molar-refractivity contribution is 0.617. The zero-order valence-corrected chi connectivity index (χ0v) is 5.75. The van der Waals surface area contributed by atoms with E-state index >= 15 is 0 Å². The zero-order chi connectivity index (χ0) is 6.69. The summed E-state index contributed by atoms with van der Waals surface area (Å²) in [4.78, 5) is 0. The van der Waals surface area contributed by atoms with Gasteiger partial charge in [0, 0.05) is 6.42 Å². The molecule has 9 heavy (non-hydrogen) atoms. The van der Waals surface area contributed by atoms with E-state index in [0.29, 0.717) is 6.42 Å². The van der Waals surface area contributed by atoms with Crippen LogP contribution in [-0.2, 0) is 6.42 Å². The van der Waals surface area contributed by atoms with Gasteiger partial charge in [-0.15, -0.1) is 0 Å². The van der Waals surface area contributed by atoms with E-state index in [1.807, 2.05) is 16.8 Å². The van der Waals surface area contributed by atoms with Crippen LogP contribution < -0.4 is 0 Å². The average molecular weight is 142 g/mol. The lowest BCUT2D eigenvalue weighted by Gasteiger charge is -1.88. The van der Waals surface area contributed by atoms with Crippen molar-refractivity contribution < 1.29 is 4.39 Å². The van der Waals surface area contributed by atoms with E-state index in [1.54, 1.807) is 11.3 Å². The molecule has 0 atom stereocenters. The number of thiophene rings is 1. The molecule has 1 aromatic rings. The standard InChI is InChI=1S/C7H7FS/c1-6(8)4-7-2-3-9-5-7/h2-3,5H,1,4H2. The third-order valence-corrected chi connectivity index (χ3v) is 1.71. The van der Waals surface area contributed by atoms with Crippen LogP contribution in [0.3, 0.4) is 0 Å². The van der Waals surface area contributed by atoms with Crippen LogP contribution in [-0.4, -0.2) is 0 Å². The lowest BCUT2D eigenvalue weighted by atomic mass is 10.2. The Bertz CT molecular complexity index is 189. The first-order valence-electron chi connectivity index (χ1n) is 2.63. The van der Waals surface area contributed by atoms with Crippen molar-refractivity contribution in [3.8, 4) is 0 Å². The molecule has 0 amide bonds. The normalized spacial score (nSPS) is 9.44. The van der Waals surface area contributed by atoms with Crippen molar-refractivity contribution in [3.05, 3.63) is 34.8 Å². The smallest absolute Gasteiger partial charge is 0.0972 e. The second-order valence-corrected chi connectivity index (χ2v) is 2.61. The molecule has 0 N–H and O–H groups in total. The summed E-state index contributed by atoms with van der Waals surface area (Å²) in [7, 11) is 0. The highest BCUT2D eigenvalue weighted by atomic mass is 32.1. The van der Waals surface area contributed by atoms with Gasteiger partial charge in [0.15, 0.2) is 0 Å². The highest BCUT2D eigenvalue weighted by molar-refractivity contribution is 7.07. The summed E-state index contributed by atoms with van der Waals surface area (Å²) < 4.78 is 12.1. The minimum absolute atomic E-state index is 0.270. The van der Waals surface area contributed by atoms with Crippen LogP contribution in [0.4, 0.5) is 4.39 Å². The van der Waals surface area contributed by atoms with Crippen molar-refractivity contribution in [1.29, 1.82) is 0 Å². The summed E-state index contributed by atoms with van der Waals surface area (Å²) in [5, 5.41) is 3.85. The second-order valence-electron chi connectivity index (χ2n) is 1.83. The summed E-state index contributed by atoms with van der Waals surface area (Å²) in [6, 6.07) is 1.90. The van der Waals surface area contributed by atoms with Crippen molar-refractivity contribution >= 4 is 11.3 Å². The quantitative estimate of drug-likeness (QED) is 0.595. The molecule has 0 aliphatic rings. The minimum Gasteiger partial charge on any atom is -0.212 e. The van der Waals surface area contributed by atoms with Crippen LogP contribution in [0.1, 0.15) is 5.56 Å². The third kappa shape index (κ3) is 1.98. The maximum Gasteiger partial charge on any atom is 0.0972 e. The molecule has 1 rings (SSSR count). The molecule has 0 spiro atoms. The lowest BCUT2D eigenvalue weighted by Crippen LogP contribution is -1.77. The van der Waals surface area contributed by atoms with Gasteiger partial charge in [0.05, 0.1) is 5.83 Å². The van der Waals surface area contributed by atoms with Gasteiger partial charge in [-0.05, 0) is 22.4 Å². The van der Waals surface area contributed by atoms with Gasteiger partial charge in [-0.3, -0.25) is 0 Å². The maximum atomic E-state index is 12.1. The summed E-state index contributed by atoms with van der Waals surface area (Å²) in [5.41, 5.74) is 1.01. The Morgan fingerprint density at radius 3 is 3.00 bits per heavy atom. The monoisotopic (exact) mass is 142 g/mol. The summed E-state index contributed by atoms with van der Waals surface area (Å²) in [5.74, 6) is -0.270. The van der Waals surface area contributed by atoms with E-state index in [1.165, 1.54) is 0 Å². The molecule has 0 saturated carbocycles. The average Bonchev–Trinajstić information content (AvgIpc) is 2.15. The fourth-order valence-electron chi connectivity index (χ4n) is 0.615. The Morgan fingerprint density at radius 2 is 2.56 bits per heavy atom. The number of hydrogen-bond donors (Lipinski definition) is 0. The van der Waals surface area contributed by atoms with Crippen LogP contribution in [0.2, 0.25) is 0 Å². The fourth-order valence-corrected chi connectivity index (χ4v) is 1.28. The van der Waals surface area contributed by atoms with E-state index in [4.69, 9.17) is 0 Å². The molecule has 0 bridgehead atoms. The first-order valence-corrected chi connectivity index (χ1v) is 3.57. The predicted octanol–water partition coefficient (Wildman–Crippen LogP) is 2.77. The van der Waals surface area contributed by atoms with Gasteiger partial charge in [-0.2, -0.15) is 11.3 Å². The maximum absolute atomic E-state index is 12.1. The fraction of sp³-hybridized carbons (Fsp3) is 0.143. The molecular formula is C7H7FS. The summed E-state index contributed by atoms with van der Waals surface area (Å²) in [6.07, 6.45) is 0.365. The van der Waals surface area contributed by atoms with Crippen LogP contribution in [0.25, 0.3) is 0 Å². The summed E-state index contributed by atoms with van der Waals surface area (Å²) in [6.45, 7) is 3.17. The Labute approximate surface area is 57.6 Å². The molecule has 1 heterocycles. The first-order chi connectivity index (χ1) is 4.29. The minimum atomic E-state index is -0.270. The number of halogens is 1. The molecule has 0 fully saturated rings. The van der Waals surface area contributed by atoms with Gasteiger partial charge in [0.25, 0.3) is 0 Å².